The molecule has 1 aliphatic heterocycles. The molecule has 1 aromatic carbocycles. The maximum atomic E-state index is 10.8. The second-order valence-electron chi connectivity index (χ2n) is 5.78. The number of carbonyl (C=O) groups is 1. The van der Waals surface area contributed by atoms with Gasteiger partial charge in [-0.25, -0.2) is 0 Å². The van der Waals surface area contributed by atoms with Gasteiger partial charge < -0.3 is 4.90 Å². The molecule has 0 bridgehead atoms. The zero-order chi connectivity index (χ0) is 13.9. The first-order valence-electron chi connectivity index (χ1n) is 7.51. The molecule has 1 saturated heterocycles. The summed E-state index contributed by atoms with van der Waals surface area (Å²) in [6.45, 7) is 4.37. The second-order valence-corrected chi connectivity index (χ2v) is 6.19. The van der Waals surface area contributed by atoms with E-state index in [1.165, 1.54) is 25.7 Å². The fraction of sp³-hybridized carbons (Fsp3) is 0.562. The summed E-state index contributed by atoms with van der Waals surface area (Å²) in [4.78, 5) is 15.8. The monoisotopic (exact) mass is 292 g/mol. The normalized spacial score (nSPS) is 21.4. The molecule has 0 spiro atoms. The molecule has 0 amide bonds. The Balaban J connectivity index is 1.62. The zero-order valence-electron chi connectivity index (χ0n) is 11.7. The summed E-state index contributed by atoms with van der Waals surface area (Å²) in [6.07, 6.45) is 6.35. The summed E-state index contributed by atoms with van der Waals surface area (Å²) in [5.41, 5.74) is 1.70. The van der Waals surface area contributed by atoms with Gasteiger partial charge in [-0.1, -0.05) is 24.4 Å². The Bertz CT molecular complexity index is 477. The molecular weight excluding hydrogens is 272 g/mol. The molecule has 0 radical (unpaired) electrons. The first kappa shape index (κ1) is 13.9. The van der Waals surface area contributed by atoms with Gasteiger partial charge in [-0.2, -0.15) is 0 Å². The number of aldehydes is 1. The van der Waals surface area contributed by atoms with E-state index in [-0.39, 0.29) is 0 Å². The Kier molecular flexibility index (Phi) is 4.27. The second kappa shape index (κ2) is 6.15. The number of nitrogens with zero attached hydrogens (tertiary/aromatic N) is 2. The zero-order valence-corrected chi connectivity index (χ0v) is 12.5. The van der Waals surface area contributed by atoms with E-state index >= 15 is 0 Å². The van der Waals surface area contributed by atoms with Gasteiger partial charge in [-0.3, -0.25) is 9.69 Å². The van der Waals surface area contributed by atoms with Crippen LogP contribution in [0.1, 0.15) is 36.0 Å². The van der Waals surface area contributed by atoms with Crippen LogP contribution in [0.3, 0.4) is 0 Å². The first-order chi connectivity index (χ1) is 9.78. The number of piperazine rings is 1. The van der Waals surface area contributed by atoms with E-state index in [2.05, 4.69) is 9.80 Å². The number of benzene rings is 1. The molecular formula is C16H21ClN2O. The van der Waals surface area contributed by atoms with Gasteiger partial charge in [0.2, 0.25) is 0 Å². The van der Waals surface area contributed by atoms with Crippen molar-refractivity contribution in [3.8, 4) is 0 Å². The van der Waals surface area contributed by atoms with Crippen LogP contribution in [-0.4, -0.2) is 43.4 Å². The van der Waals surface area contributed by atoms with E-state index in [4.69, 9.17) is 11.6 Å². The number of carbonyl (C=O) groups excluding carboxylic acids is 1. The fourth-order valence-electron chi connectivity index (χ4n) is 3.42. The Morgan fingerprint density at radius 1 is 1.10 bits per heavy atom. The summed E-state index contributed by atoms with van der Waals surface area (Å²) in [6, 6.07) is 6.55. The van der Waals surface area contributed by atoms with Crippen LogP contribution in [0.4, 0.5) is 5.69 Å². The average molecular weight is 293 g/mol. The standard InChI is InChI=1S/C16H21ClN2O/c17-16-11-15(6-5-13(16)12-20)19-9-7-18(8-10-19)14-3-1-2-4-14/h5-6,11-12,14H,1-4,7-10H2. The number of hydrogen-bond donors (Lipinski definition) is 0. The van der Waals surface area contributed by atoms with Gasteiger partial charge >= 0.3 is 0 Å². The smallest absolute Gasteiger partial charge is 0.151 e. The van der Waals surface area contributed by atoms with Crippen molar-refractivity contribution in [1.82, 2.24) is 4.90 Å². The van der Waals surface area contributed by atoms with Gasteiger partial charge in [0.25, 0.3) is 0 Å². The van der Waals surface area contributed by atoms with Crippen molar-refractivity contribution >= 4 is 23.6 Å². The van der Waals surface area contributed by atoms with Gasteiger partial charge in [0.05, 0.1) is 5.02 Å². The van der Waals surface area contributed by atoms with Crippen LogP contribution in [0.25, 0.3) is 0 Å². The van der Waals surface area contributed by atoms with Gasteiger partial charge in [-0.15, -0.1) is 0 Å². The lowest BCUT2D eigenvalue weighted by atomic mass is 10.1. The summed E-state index contributed by atoms with van der Waals surface area (Å²) in [5, 5.41) is 0.552. The fourth-order valence-corrected chi connectivity index (χ4v) is 3.64. The molecule has 0 aromatic heterocycles. The van der Waals surface area contributed by atoms with Gasteiger partial charge in [0.15, 0.2) is 6.29 Å². The highest BCUT2D eigenvalue weighted by molar-refractivity contribution is 6.33. The lowest BCUT2D eigenvalue weighted by Gasteiger charge is -2.39. The summed E-state index contributed by atoms with van der Waals surface area (Å²) in [7, 11) is 0. The Morgan fingerprint density at radius 2 is 1.80 bits per heavy atom. The lowest BCUT2D eigenvalue weighted by molar-refractivity contribution is 0.112. The van der Waals surface area contributed by atoms with Crippen LogP contribution in [0.5, 0.6) is 0 Å². The van der Waals surface area contributed by atoms with E-state index in [9.17, 15) is 4.79 Å². The maximum Gasteiger partial charge on any atom is 0.151 e. The molecule has 1 saturated carbocycles. The molecule has 1 aromatic rings. The Labute approximate surface area is 125 Å². The molecule has 2 aliphatic rings. The summed E-state index contributed by atoms with van der Waals surface area (Å²) >= 11 is 6.11. The molecule has 1 heterocycles. The number of halogens is 1. The first-order valence-corrected chi connectivity index (χ1v) is 7.89. The molecule has 0 atom stereocenters. The van der Waals surface area contributed by atoms with Crippen LogP contribution >= 0.6 is 11.6 Å². The van der Waals surface area contributed by atoms with Crippen molar-refractivity contribution in [3.05, 3.63) is 28.8 Å². The van der Waals surface area contributed by atoms with Crippen LogP contribution in [0, 0.1) is 0 Å². The molecule has 4 heteroatoms. The molecule has 1 aliphatic carbocycles. The topological polar surface area (TPSA) is 23.6 Å². The van der Waals surface area contributed by atoms with E-state index in [0.717, 1.165) is 44.2 Å². The van der Waals surface area contributed by atoms with Crippen molar-refractivity contribution in [2.45, 2.75) is 31.7 Å². The minimum Gasteiger partial charge on any atom is -0.369 e. The third-order valence-electron chi connectivity index (χ3n) is 4.63. The summed E-state index contributed by atoms with van der Waals surface area (Å²) < 4.78 is 0. The van der Waals surface area contributed by atoms with E-state index < -0.39 is 0 Å². The lowest BCUT2D eigenvalue weighted by Crippen LogP contribution is -2.49. The molecule has 2 fully saturated rings. The van der Waals surface area contributed by atoms with Gasteiger partial charge in [-0.05, 0) is 31.0 Å². The van der Waals surface area contributed by atoms with E-state index in [1.54, 1.807) is 0 Å². The largest absolute Gasteiger partial charge is 0.369 e. The van der Waals surface area contributed by atoms with Crippen molar-refractivity contribution in [3.63, 3.8) is 0 Å². The molecule has 3 nitrogen and oxygen atoms in total. The van der Waals surface area contributed by atoms with Crippen molar-refractivity contribution in [2.75, 3.05) is 31.1 Å². The average Bonchev–Trinajstić information content (AvgIpc) is 3.01. The molecule has 20 heavy (non-hydrogen) atoms. The van der Waals surface area contributed by atoms with Crippen LogP contribution in [0.2, 0.25) is 5.02 Å². The quantitative estimate of drug-likeness (QED) is 0.799. The van der Waals surface area contributed by atoms with Gasteiger partial charge in [0, 0.05) is 43.5 Å². The Hall–Kier alpha value is -1.06. The van der Waals surface area contributed by atoms with E-state index in [0.29, 0.717) is 10.6 Å². The molecule has 3 rings (SSSR count). The van der Waals surface area contributed by atoms with Crippen molar-refractivity contribution < 1.29 is 4.79 Å². The molecule has 108 valence electrons. The number of anilines is 1. The van der Waals surface area contributed by atoms with Crippen LogP contribution in [0.15, 0.2) is 18.2 Å². The van der Waals surface area contributed by atoms with Crippen LogP contribution in [-0.2, 0) is 0 Å². The number of hydrogen-bond acceptors (Lipinski definition) is 3. The minimum absolute atomic E-state index is 0.552. The third-order valence-corrected chi connectivity index (χ3v) is 4.96. The van der Waals surface area contributed by atoms with Crippen molar-refractivity contribution in [1.29, 1.82) is 0 Å². The highest BCUT2D eigenvalue weighted by Gasteiger charge is 2.26. The maximum absolute atomic E-state index is 10.8. The van der Waals surface area contributed by atoms with Crippen LogP contribution < -0.4 is 4.90 Å². The minimum atomic E-state index is 0.552. The van der Waals surface area contributed by atoms with Crippen molar-refractivity contribution in [2.24, 2.45) is 0 Å². The van der Waals surface area contributed by atoms with Gasteiger partial charge in [0.1, 0.15) is 0 Å². The predicted molar refractivity (Wildman–Crippen MR) is 82.9 cm³/mol. The highest BCUT2D eigenvalue weighted by Crippen LogP contribution is 2.27. The molecule has 0 unspecified atom stereocenters. The van der Waals surface area contributed by atoms with E-state index in [1.807, 2.05) is 18.2 Å². The SMILES string of the molecule is O=Cc1ccc(N2CCN(C3CCCC3)CC2)cc1Cl. The number of rotatable bonds is 3. The summed E-state index contributed by atoms with van der Waals surface area (Å²) in [5.74, 6) is 0. The third kappa shape index (κ3) is 2.84. The predicted octanol–water partition coefficient (Wildman–Crippen LogP) is 3.22. The molecule has 0 N–H and O–H groups in total. The Morgan fingerprint density at radius 3 is 2.40 bits per heavy atom. The highest BCUT2D eigenvalue weighted by atomic mass is 35.5.